The number of sulfone groups is 1. The number of H-pyrrole nitrogens is 1. The normalized spacial score (nSPS) is 11.8. The zero-order valence-electron chi connectivity index (χ0n) is 13.3. The van der Waals surface area contributed by atoms with Crippen LogP contribution in [0.1, 0.15) is 11.4 Å². The predicted molar refractivity (Wildman–Crippen MR) is 90.9 cm³/mol. The van der Waals surface area contributed by atoms with Crippen LogP contribution in [-0.4, -0.2) is 29.2 Å². The zero-order valence-corrected chi connectivity index (χ0v) is 14.1. The summed E-state index contributed by atoms with van der Waals surface area (Å²) in [6.45, 7) is 1.86. The molecule has 2 N–H and O–H groups in total. The summed E-state index contributed by atoms with van der Waals surface area (Å²) in [5, 5.41) is 9.36. The number of aryl methyl sites for hydroxylation is 2. The van der Waals surface area contributed by atoms with E-state index >= 15 is 0 Å². The van der Waals surface area contributed by atoms with Gasteiger partial charge in [0, 0.05) is 12.5 Å². The highest BCUT2D eigenvalue weighted by atomic mass is 32.2. The fraction of sp³-hybridized carbons (Fsp3) is 0.176. The molecule has 0 spiro atoms. The van der Waals surface area contributed by atoms with E-state index in [4.69, 9.17) is 0 Å². The first-order valence-electron chi connectivity index (χ1n) is 7.47. The molecule has 0 fully saturated rings. The molecule has 3 rings (SSSR count). The molecule has 3 aromatic rings. The molecule has 8 heteroatoms. The highest BCUT2D eigenvalue weighted by Crippen LogP contribution is 2.20. The van der Waals surface area contributed by atoms with Crippen LogP contribution in [-0.2, 0) is 16.3 Å². The summed E-state index contributed by atoms with van der Waals surface area (Å²) >= 11 is 0. The standard InChI is InChI=1S/C17H15FN2O4S/c1-10-2-4-11(5-3-10)25(23,24)7-6-16-19-14-9-13(18)15(21)8-12(14)17(22)20-16/h2-5,8-9,21H,6-7H2,1H3,(H,19,20,22). The van der Waals surface area contributed by atoms with Crippen LogP contribution >= 0.6 is 0 Å². The number of nitrogens with one attached hydrogen (secondary N) is 1. The fourth-order valence-corrected chi connectivity index (χ4v) is 3.66. The highest BCUT2D eigenvalue weighted by Gasteiger charge is 2.16. The summed E-state index contributed by atoms with van der Waals surface area (Å²) in [6, 6.07) is 8.40. The first-order chi connectivity index (χ1) is 11.8. The number of hydrogen-bond donors (Lipinski definition) is 2. The number of benzene rings is 2. The van der Waals surface area contributed by atoms with Crippen LogP contribution in [0.2, 0.25) is 0 Å². The molecular formula is C17H15FN2O4S. The van der Waals surface area contributed by atoms with Gasteiger partial charge >= 0.3 is 0 Å². The lowest BCUT2D eigenvalue weighted by Crippen LogP contribution is -2.16. The Morgan fingerprint density at radius 3 is 2.56 bits per heavy atom. The maximum atomic E-state index is 13.4. The summed E-state index contributed by atoms with van der Waals surface area (Å²) in [6.07, 6.45) is -0.0239. The van der Waals surface area contributed by atoms with Crippen molar-refractivity contribution in [1.29, 1.82) is 0 Å². The molecule has 25 heavy (non-hydrogen) atoms. The quantitative estimate of drug-likeness (QED) is 0.740. The SMILES string of the molecule is Cc1ccc(S(=O)(=O)CCc2nc3cc(F)c(O)cc3c(=O)[nH]2)cc1. The average molecular weight is 362 g/mol. The molecular weight excluding hydrogens is 347 g/mol. The average Bonchev–Trinajstić information content (AvgIpc) is 2.55. The van der Waals surface area contributed by atoms with Crippen molar-refractivity contribution in [3.8, 4) is 5.75 Å². The summed E-state index contributed by atoms with van der Waals surface area (Å²) in [5.41, 5.74) is 0.439. The number of hydrogen-bond acceptors (Lipinski definition) is 5. The van der Waals surface area contributed by atoms with Crippen LogP contribution in [0.25, 0.3) is 10.9 Å². The third kappa shape index (κ3) is 3.53. The molecule has 6 nitrogen and oxygen atoms in total. The van der Waals surface area contributed by atoms with Gasteiger partial charge in [0.1, 0.15) is 5.82 Å². The lowest BCUT2D eigenvalue weighted by atomic mass is 10.2. The smallest absolute Gasteiger partial charge is 0.258 e. The Hall–Kier alpha value is -2.74. The van der Waals surface area contributed by atoms with Crippen molar-refractivity contribution in [3.63, 3.8) is 0 Å². The van der Waals surface area contributed by atoms with E-state index in [1.54, 1.807) is 12.1 Å². The maximum Gasteiger partial charge on any atom is 0.258 e. The Bertz CT molecular complexity index is 1110. The first kappa shape index (κ1) is 17.1. The van der Waals surface area contributed by atoms with Gasteiger partial charge in [0.2, 0.25) is 0 Å². The van der Waals surface area contributed by atoms with E-state index in [-0.39, 0.29) is 33.8 Å². The maximum absolute atomic E-state index is 13.4. The molecule has 1 heterocycles. The van der Waals surface area contributed by atoms with Crippen molar-refractivity contribution in [2.75, 3.05) is 5.75 Å². The highest BCUT2D eigenvalue weighted by molar-refractivity contribution is 7.91. The van der Waals surface area contributed by atoms with E-state index in [1.165, 1.54) is 12.1 Å². The molecule has 0 unspecified atom stereocenters. The fourth-order valence-electron chi connectivity index (χ4n) is 2.41. The van der Waals surface area contributed by atoms with Gasteiger partial charge < -0.3 is 10.1 Å². The molecule has 0 saturated heterocycles. The molecule has 0 bridgehead atoms. The number of aromatic hydroxyl groups is 1. The number of halogens is 1. The van der Waals surface area contributed by atoms with Crippen LogP contribution < -0.4 is 5.56 Å². The monoisotopic (exact) mass is 362 g/mol. The van der Waals surface area contributed by atoms with Crippen molar-refractivity contribution in [1.82, 2.24) is 9.97 Å². The first-order valence-corrected chi connectivity index (χ1v) is 9.12. The number of rotatable bonds is 4. The largest absolute Gasteiger partial charge is 0.505 e. The topological polar surface area (TPSA) is 100 Å². The van der Waals surface area contributed by atoms with Gasteiger partial charge in [0.05, 0.1) is 21.6 Å². The minimum Gasteiger partial charge on any atom is -0.505 e. The number of phenols is 1. The van der Waals surface area contributed by atoms with E-state index in [0.29, 0.717) is 0 Å². The lowest BCUT2D eigenvalue weighted by Gasteiger charge is -2.06. The van der Waals surface area contributed by atoms with Gasteiger partial charge in [-0.25, -0.2) is 17.8 Å². The second kappa shape index (κ2) is 6.29. The molecule has 0 aliphatic rings. The van der Waals surface area contributed by atoms with E-state index in [9.17, 15) is 22.7 Å². The van der Waals surface area contributed by atoms with Crippen molar-refractivity contribution in [2.45, 2.75) is 18.2 Å². The number of fused-ring (bicyclic) bond motifs is 1. The molecule has 130 valence electrons. The third-order valence-electron chi connectivity index (χ3n) is 3.81. The molecule has 0 radical (unpaired) electrons. The summed E-state index contributed by atoms with van der Waals surface area (Å²) in [4.78, 5) is 18.8. The lowest BCUT2D eigenvalue weighted by molar-refractivity contribution is 0.433. The Balaban J connectivity index is 1.89. The molecule has 1 aromatic heterocycles. The van der Waals surface area contributed by atoms with Crippen LogP contribution in [0, 0.1) is 12.7 Å². The van der Waals surface area contributed by atoms with E-state index in [1.807, 2.05) is 6.92 Å². The summed E-state index contributed by atoms with van der Waals surface area (Å²) in [7, 11) is -3.53. The Labute approximate surface area is 142 Å². The van der Waals surface area contributed by atoms with Gasteiger partial charge in [0.15, 0.2) is 21.4 Å². The molecule has 0 aliphatic carbocycles. The Kier molecular flexibility index (Phi) is 4.30. The Morgan fingerprint density at radius 1 is 1.20 bits per heavy atom. The minimum atomic E-state index is -3.53. The van der Waals surface area contributed by atoms with Gasteiger partial charge in [-0.3, -0.25) is 4.79 Å². The van der Waals surface area contributed by atoms with Crippen LogP contribution in [0.15, 0.2) is 46.1 Å². The summed E-state index contributed by atoms with van der Waals surface area (Å²) < 4.78 is 38.1. The van der Waals surface area contributed by atoms with Crippen molar-refractivity contribution in [2.24, 2.45) is 0 Å². The van der Waals surface area contributed by atoms with Crippen LogP contribution in [0.3, 0.4) is 0 Å². The number of phenolic OH excluding ortho intramolecular Hbond substituents is 1. The van der Waals surface area contributed by atoms with Crippen molar-refractivity contribution < 1.29 is 17.9 Å². The predicted octanol–water partition coefficient (Wildman–Crippen LogP) is 2.09. The molecule has 0 aliphatic heterocycles. The third-order valence-corrected chi connectivity index (χ3v) is 5.54. The van der Waals surface area contributed by atoms with Crippen LogP contribution in [0.5, 0.6) is 5.75 Å². The number of aromatic nitrogens is 2. The minimum absolute atomic E-state index is 0.0239. The van der Waals surface area contributed by atoms with Crippen molar-refractivity contribution in [3.05, 3.63) is 64.0 Å². The number of aromatic amines is 1. The van der Waals surface area contributed by atoms with E-state index in [0.717, 1.165) is 17.7 Å². The molecule has 0 atom stereocenters. The van der Waals surface area contributed by atoms with Crippen LogP contribution in [0.4, 0.5) is 4.39 Å². The van der Waals surface area contributed by atoms with Gasteiger partial charge in [0.25, 0.3) is 5.56 Å². The van der Waals surface area contributed by atoms with Gasteiger partial charge in [-0.05, 0) is 25.1 Å². The van der Waals surface area contributed by atoms with Gasteiger partial charge in [-0.15, -0.1) is 0 Å². The van der Waals surface area contributed by atoms with E-state index in [2.05, 4.69) is 9.97 Å². The van der Waals surface area contributed by atoms with Gasteiger partial charge in [-0.1, -0.05) is 17.7 Å². The second-order valence-electron chi connectivity index (χ2n) is 5.72. The number of nitrogens with zero attached hydrogens (tertiary/aromatic N) is 1. The Morgan fingerprint density at radius 2 is 1.88 bits per heavy atom. The zero-order chi connectivity index (χ0) is 18.2. The summed E-state index contributed by atoms with van der Waals surface area (Å²) in [5.74, 6) is -1.65. The van der Waals surface area contributed by atoms with Crippen molar-refractivity contribution >= 4 is 20.7 Å². The molecule has 2 aromatic carbocycles. The van der Waals surface area contributed by atoms with Gasteiger partial charge in [-0.2, -0.15) is 0 Å². The molecule has 0 saturated carbocycles. The molecule has 0 amide bonds. The van der Waals surface area contributed by atoms with E-state index < -0.39 is 27.0 Å². The second-order valence-corrected chi connectivity index (χ2v) is 7.82.